The van der Waals surface area contributed by atoms with Gasteiger partial charge >= 0.3 is 0 Å². The molecule has 0 rings (SSSR count). The summed E-state index contributed by atoms with van der Waals surface area (Å²) in [5, 5.41) is 0. The van der Waals surface area contributed by atoms with Crippen LogP contribution in [0, 0.1) is 0 Å². The van der Waals surface area contributed by atoms with E-state index in [4.69, 9.17) is 11.6 Å². The van der Waals surface area contributed by atoms with Gasteiger partial charge in [-0.15, -0.1) is 11.6 Å². The molecule has 0 bridgehead atoms. The Hall–Kier alpha value is 0.600. The van der Waals surface area contributed by atoms with Crippen LogP contribution in [-0.2, 0) is 0 Å². The van der Waals surface area contributed by atoms with Gasteiger partial charge in [-0.05, 0) is 33.1 Å². The Kier molecular flexibility index (Phi) is 8.62. The monoisotopic (exact) mass is 209 g/mol. The topological polar surface area (TPSA) is 3.24 Å². The number of nitrogens with zero attached hydrogens (tertiary/aromatic N) is 1. The third-order valence-electron chi connectivity index (χ3n) is 1.89. The Labute approximate surface area is 85.8 Å². The molecule has 3 heteroatoms. The van der Waals surface area contributed by atoms with E-state index in [1.165, 1.54) is 12.3 Å². The van der Waals surface area contributed by atoms with Gasteiger partial charge in [-0.3, -0.25) is 0 Å². The molecule has 0 spiro atoms. The van der Waals surface area contributed by atoms with E-state index in [-0.39, 0.29) is 0 Å². The second kappa shape index (κ2) is 8.21. The van der Waals surface area contributed by atoms with E-state index in [0.717, 1.165) is 18.8 Å². The van der Waals surface area contributed by atoms with Crippen molar-refractivity contribution < 1.29 is 0 Å². The highest BCUT2D eigenvalue weighted by Gasteiger charge is 2.07. The quantitative estimate of drug-likeness (QED) is 0.594. The van der Waals surface area contributed by atoms with Gasteiger partial charge in [-0.1, -0.05) is 0 Å². The van der Waals surface area contributed by atoms with E-state index < -0.39 is 0 Å². The maximum Gasteiger partial charge on any atom is 0.0235 e. The van der Waals surface area contributed by atoms with E-state index in [1.54, 1.807) is 0 Å². The number of alkyl halides is 1. The number of thioether (sulfide) groups is 1. The van der Waals surface area contributed by atoms with Gasteiger partial charge in [0.1, 0.15) is 0 Å². The molecule has 0 aromatic carbocycles. The molecule has 0 atom stereocenters. The molecule has 0 heterocycles. The fourth-order valence-corrected chi connectivity index (χ4v) is 1.64. The van der Waals surface area contributed by atoms with Crippen LogP contribution in [0.1, 0.15) is 20.3 Å². The molecule has 0 aromatic rings. The van der Waals surface area contributed by atoms with Crippen molar-refractivity contribution >= 4 is 23.4 Å². The summed E-state index contributed by atoms with van der Waals surface area (Å²) in [6.45, 7) is 6.82. The summed E-state index contributed by atoms with van der Waals surface area (Å²) in [6.07, 6.45) is 3.26. The fraction of sp³-hybridized carbons (Fsp3) is 1.00. The standard InChI is InChI=1S/C9H20ClNS/c1-9(2)11(6-4-5-10)7-8-12-3/h9H,4-8H2,1-3H3. The zero-order chi connectivity index (χ0) is 9.40. The van der Waals surface area contributed by atoms with E-state index in [9.17, 15) is 0 Å². The summed E-state index contributed by atoms with van der Waals surface area (Å²) in [5.74, 6) is 2.00. The lowest BCUT2D eigenvalue weighted by atomic mass is 10.3. The van der Waals surface area contributed by atoms with Crippen LogP contribution in [-0.4, -0.2) is 41.9 Å². The first-order valence-corrected chi connectivity index (χ1v) is 6.44. The molecule has 0 aliphatic heterocycles. The molecule has 0 saturated carbocycles. The largest absolute Gasteiger partial charge is 0.300 e. The van der Waals surface area contributed by atoms with Gasteiger partial charge in [0.2, 0.25) is 0 Å². The zero-order valence-electron chi connectivity index (χ0n) is 8.35. The second-order valence-corrected chi connectivity index (χ2v) is 4.53. The average Bonchev–Trinajstić information content (AvgIpc) is 2.04. The van der Waals surface area contributed by atoms with Crippen molar-refractivity contribution in [2.75, 3.05) is 31.0 Å². The summed E-state index contributed by atoms with van der Waals surface area (Å²) in [7, 11) is 0. The molecule has 0 amide bonds. The molecule has 0 aliphatic rings. The summed E-state index contributed by atoms with van der Waals surface area (Å²) in [5.41, 5.74) is 0. The first-order chi connectivity index (χ1) is 5.72. The van der Waals surface area contributed by atoms with Gasteiger partial charge in [0.25, 0.3) is 0 Å². The molecule has 0 aliphatic carbocycles. The molecular weight excluding hydrogens is 190 g/mol. The Morgan fingerprint density at radius 2 is 2.00 bits per heavy atom. The number of rotatable bonds is 7. The Morgan fingerprint density at radius 1 is 1.33 bits per heavy atom. The molecule has 0 unspecified atom stereocenters. The predicted octanol–water partition coefficient (Wildman–Crippen LogP) is 2.69. The van der Waals surface area contributed by atoms with Crippen LogP contribution in [0.4, 0.5) is 0 Å². The molecule has 74 valence electrons. The summed E-state index contributed by atoms with van der Waals surface area (Å²) in [6, 6.07) is 0.653. The molecule has 0 saturated heterocycles. The second-order valence-electron chi connectivity index (χ2n) is 3.17. The number of hydrogen-bond donors (Lipinski definition) is 0. The van der Waals surface area contributed by atoms with Gasteiger partial charge in [0, 0.05) is 24.2 Å². The highest BCUT2D eigenvalue weighted by molar-refractivity contribution is 7.98. The summed E-state index contributed by atoms with van der Waals surface area (Å²) in [4.78, 5) is 2.48. The van der Waals surface area contributed by atoms with Crippen molar-refractivity contribution in [3.8, 4) is 0 Å². The van der Waals surface area contributed by atoms with E-state index in [1.807, 2.05) is 11.8 Å². The van der Waals surface area contributed by atoms with Crippen LogP contribution >= 0.6 is 23.4 Å². The fourth-order valence-electron chi connectivity index (χ4n) is 1.10. The van der Waals surface area contributed by atoms with E-state index in [0.29, 0.717) is 6.04 Å². The molecule has 0 N–H and O–H groups in total. The minimum absolute atomic E-state index is 0.653. The third kappa shape index (κ3) is 6.15. The summed E-state index contributed by atoms with van der Waals surface area (Å²) >= 11 is 7.56. The molecule has 1 nitrogen and oxygen atoms in total. The normalized spacial score (nSPS) is 11.5. The lowest BCUT2D eigenvalue weighted by molar-refractivity contribution is 0.237. The lowest BCUT2D eigenvalue weighted by Gasteiger charge is -2.25. The van der Waals surface area contributed by atoms with Crippen molar-refractivity contribution in [1.29, 1.82) is 0 Å². The van der Waals surface area contributed by atoms with Gasteiger partial charge < -0.3 is 4.90 Å². The Bertz CT molecular complexity index is 90.5. The zero-order valence-corrected chi connectivity index (χ0v) is 9.92. The predicted molar refractivity (Wildman–Crippen MR) is 60.4 cm³/mol. The first kappa shape index (κ1) is 12.6. The SMILES string of the molecule is CSCCN(CCCCl)C(C)C. The minimum atomic E-state index is 0.653. The summed E-state index contributed by atoms with van der Waals surface area (Å²) < 4.78 is 0. The van der Waals surface area contributed by atoms with Gasteiger partial charge in [-0.25, -0.2) is 0 Å². The Balaban J connectivity index is 3.55. The lowest BCUT2D eigenvalue weighted by Crippen LogP contribution is -2.33. The minimum Gasteiger partial charge on any atom is -0.300 e. The smallest absolute Gasteiger partial charge is 0.0235 e. The average molecular weight is 210 g/mol. The molecule has 12 heavy (non-hydrogen) atoms. The van der Waals surface area contributed by atoms with Crippen molar-refractivity contribution in [3.63, 3.8) is 0 Å². The van der Waals surface area contributed by atoms with Crippen LogP contribution in [0.5, 0.6) is 0 Å². The highest BCUT2D eigenvalue weighted by atomic mass is 35.5. The van der Waals surface area contributed by atoms with E-state index >= 15 is 0 Å². The molecule has 0 radical (unpaired) electrons. The van der Waals surface area contributed by atoms with Crippen LogP contribution < -0.4 is 0 Å². The van der Waals surface area contributed by atoms with Crippen LogP contribution in [0.2, 0.25) is 0 Å². The number of hydrogen-bond acceptors (Lipinski definition) is 2. The van der Waals surface area contributed by atoms with Crippen molar-refractivity contribution in [2.24, 2.45) is 0 Å². The van der Waals surface area contributed by atoms with E-state index in [2.05, 4.69) is 25.0 Å². The maximum absolute atomic E-state index is 5.65. The van der Waals surface area contributed by atoms with Crippen LogP contribution in [0.25, 0.3) is 0 Å². The van der Waals surface area contributed by atoms with Crippen LogP contribution in [0.15, 0.2) is 0 Å². The Morgan fingerprint density at radius 3 is 2.42 bits per heavy atom. The van der Waals surface area contributed by atoms with Crippen molar-refractivity contribution in [3.05, 3.63) is 0 Å². The number of halogens is 1. The van der Waals surface area contributed by atoms with Crippen molar-refractivity contribution in [2.45, 2.75) is 26.3 Å². The van der Waals surface area contributed by atoms with Gasteiger partial charge in [0.05, 0.1) is 0 Å². The molecule has 0 fully saturated rings. The first-order valence-electron chi connectivity index (χ1n) is 4.51. The van der Waals surface area contributed by atoms with Crippen molar-refractivity contribution in [1.82, 2.24) is 4.90 Å². The molecule has 0 aromatic heterocycles. The highest BCUT2D eigenvalue weighted by Crippen LogP contribution is 2.03. The van der Waals surface area contributed by atoms with Crippen LogP contribution in [0.3, 0.4) is 0 Å². The molecular formula is C9H20ClNS. The van der Waals surface area contributed by atoms with Gasteiger partial charge in [0.15, 0.2) is 0 Å². The van der Waals surface area contributed by atoms with Gasteiger partial charge in [-0.2, -0.15) is 11.8 Å². The maximum atomic E-state index is 5.65. The third-order valence-corrected chi connectivity index (χ3v) is 2.75.